The Bertz CT molecular complexity index is 1010. The number of nitrogen functional groups attached to an aromatic ring is 1. The lowest BCUT2D eigenvalue weighted by molar-refractivity contribution is -0.131. The third-order valence-electron chi connectivity index (χ3n) is 4.61. The van der Waals surface area contributed by atoms with Crippen molar-refractivity contribution in [1.29, 1.82) is 0 Å². The van der Waals surface area contributed by atoms with Gasteiger partial charge in [0.1, 0.15) is 18.0 Å². The van der Waals surface area contributed by atoms with Crippen LogP contribution in [0.2, 0.25) is 0 Å². The standard InChI is InChI=1S/C18H18N4O4S/c19-22-14(6-20-17(24)18(25)1-2-18)4-11-3-12(7-23)16(5-15(11)22)26-8-13-9-27-10-21-13/h3-5,7,9-10,25H,1-2,6,8,19H2,(H,20,24). The minimum absolute atomic E-state index is 0.178. The molecule has 0 radical (unpaired) electrons. The first-order valence-electron chi connectivity index (χ1n) is 8.39. The Kier molecular flexibility index (Phi) is 4.33. The number of hydrogen-bond acceptors (Lipinski definition) is 7. The molecule has 0 bridgehead atoms. The van der Waals surface area contributed by atoms with Gasteiger partial charge in [0, 0.05) is 16.8 Å². The molecule has 0 saturated heterocycles. The number of amides is 1. The summed E-state index contributed by atoms with van der Waals surface area (Å²) in [5.74, 6) is 6.17. The van der Waals surface area contributed by atoms with Crippen molar-refractivity contribution in [2.24, 2.45) is 0 Å². The van der Waals surface area contributed by atoms with Gasteiger partial charge in [-0.3, -0.25) is 14.3 Å². The summed E-state index contributed by atoms with van der Waals surface area (Å²) in [6.07, 6.45) is 1.69. The van der Waals surface area contributed by atoms with Crippen LogP contribution < -0.4 is 15.9 Å². The first-order valence-corrected chi connectivity index (χ1v) is 9.33. The fourth-order valence-electron chi connectivity index (χ4n) is 2.83. The molecule has 2 aromatic heterocycles. The molecule has 1 aliphatic rings. The predicted molar refractivity (Wildman–Crippen MR) is 100.0 cm³/mol. The average molecular weight is 386 g/mol. The second-order valence-corrected chi connectivity index (χ2v) is 7.27. The number of nitrogens with one attached hydrogen (secondary N) is 1. The fraction of sp³-hybridized carbons (Fsp3) is 0.278. The van der Waals surface area contributed by atoms with Gasteiger partial charge in [0.05, 0.1) is 34.5 Å². The van der Waals surface area contributed by atoms with Crippen molar-refractivity contribution in [3.8, 4) is 5.75 Å². The minimum atomic E-state index is -1.23. The summed E-state index contributed by atoms with van der Waals surface area (Å²) >= 11 is 1.47. The van der Waals surface area contributed by atoms with Crippen LogP contribution in [0.5, 0.6) is 5.75 Å². The number of ether oxygens (including phenoxy) is 1. The van der Waals surface area contributed by atoms with Gasteiger partial charge in [0.2, 0.25) is 0 Å². The summed E-state index contributed by atoms with van der Waals surface area (Å²) in [4.78, 5) is 27.5. The smallest absolute Gasteiger partial charge is 0.252 e. The topological polar surface area (TPSA) is 119 Å². The average Bonchev–Trinajstić information content (AvgIpc) is 3.09. The lowest BCUT2D eigenvalue weighted by Gasteiger charge is -2.10. The van der Waals surface area contributed by atoms with Crippen LogP contribution in [0, 0.1) is 0 Å². The Morgan fingerprint density at radius 3 is 2.93 bits per heavy atom. The zero-order valence-electron chi connectivity index (χ0n) is 14.3. The van der Waals surface area contributed by atoms with Gasteiger partial charge >= 0.3 is 0 Å². The number of nitrogens with two attached hydrogens (primary N) is 1. The van der Waals surface area contributed by atoms with Crippen LogP contribution in [0.4, 0.5) is 0 Å². The Morgan fingerprint density at radius 1 is 1.44 bits per heavy atom. The molecule has 0 unspecified atom stereocenters. The van der Waals surface area contributed by atoms with Gasteiger partial charge in [-0.2, -0.15) is 0 Å². The van der Waals surface area contributed by atoms with Crippen molar-refractivity contribution in [2.75, 3.05) is 5.84 Å². The summed E-state index contributed by atoms with van der Waals surface area (Å²) < 4.78 is 7.18. The SMILES string of the molecule is Nn1c(CNC(=O)C2(O)CC2)cc2cc(C=O)c(OCc3cscn3)cc21. The Balaban J connectivity index is 1.57. The number of carbonyl (C=O) groups is 2. The molecule has 2 heterocycles. The maximum atomic E-state index is 11.9. The van der Waals surface area contributed by atoms with E-state index in [0.29, 0.717) is 35.4 Å². The molecule has 1 amide bonds. The van der Waals surface area contributed by atoms with Gasteiger partial charge in [-0.1, -0.05) is 0 Å². The monoisotopic (exact) mass is 386 g/mol. The highest BCUT2D eigenvalue weighted by Gasteiger charge is 2.47. The molecular weight excluding hydrogens is 368 g/mol. The van der Waals surface area contributed by atoms with Crippen LogP contribution in [0.1, 0.15) is 34.6 Å². The number of benzene rings is 1. The van der Waals surface area contributed by atoms with E-state index in [9.17, 15) is 14.7 Å². The van der Waals surface area contributed by atoms with Gasteiger partial charge in [0.25, 0.3) is 5.91 Å². The van der Waals surface area contributed by atoms with E-state index in [1.807, 2.05) is 5.38 Å². The first kappa shape index (κ1) is 17.5. The first-order chi connectivity index (χ1) is 13.0. The fourth-order valence-corrected chi connectivity index (χ4v) is 3.37. The molecule has 1 aliphatic carbocycles. The minimum Gasteiger partial charge on any atom is -0.486 e. The van der Waals surface area contributed by atoms with E-state index in [1.165, 1.54) is 16.0 Å². The Hall–Kier alpha value is -2.91. The Labute approximate surface area is 158 Å². The lowest BCUT2D eigenvalue weighted by atomic mass is 10.1. The van der Waals surface area contributed by atoms with E-state index < -0.39 is 11.5 Å². The Morgan fingerprint density at radius 2 is 2.26 bits per heavy atom. The van der Waals surface area contributed by atoms with E-state index in [-0.39, 0.29) is 13.2 Å². The zero-order chi connectivity index (χ0) is 19.0. The highest BCUT2D eigenvalue weighted by atomic mass is 32.1. The number of aliphatic hydroxyl groups is 1. The van der Waals surface area contributed by atoms with Gasteiger partial charge in [-0.25, -0.2) is 4.98 Å². The van der Waals surface area contributed by atoms with Gasteiger partial charge in [-0.05, 0) is 25.0 Å². The number of aldehydes is 1. The second kappa shape index (κ2) is 6.67. The number of carbonyl (C=O) groups excluding carboxylic acids is 2. The number of thiazole rings is 1. The summed E-state index contributed by atoms with van der Waals surface area (Å²) in [6.45, 7) is 0.431. The highest BCUT2D eigenvalue weighted by molar-refractivity contribution is 7.07. The number of hydrogen-bond donors (Lipinski definition) is 3. The number of rotatable bonds is 7. The third kappa shape index (κ3) is 3.38. The molecule has 0 aliphatic heterocycles. The van der Waals surface area contributed by atoms with Crippen molar-refractivity contribution in [2.45, 2.75) is 31.6 Å². The molecular formula is C18H18N4O4S. The number of nitrogens with zero attached hydrogens (tertiary/aromatic N) is 2. The second-order valence-electron chi connectivity index (χ2n) is 6.56. The van der Waals surface area contributed by atoms with E-state index in [1.54, 1.807) is 23.7 Å². The van der Waals surface area contributed by atoms with Crippen molar-refractivity contribution in [3.05, 3.63) is 46.0 Å². The molecule has 0 atom stereocenters. The van der Waals surface area contributed by atoms with Gasteiger partial charge in [-0.15, -0.1) is 11.3 Å². The van der Waals surface area contributed by atoms with Crippen molar-refractivity contribution < 1.29 is 19.4 Å². The van der Waals surface area contributed by atoms with E-state index in [2.05, 4.69) is 10.3 Å². The van der Waals surface area contributed by atoms with Crippen LogP contribution in [-0.2, 0) is 17.9 Å². The summed E-state index contributed by atoms with van der Waals surface area (Å²) in [5.41, 5.74) is 2.99. The lowest BCUT2D eigenvalue weighted by Crippen LogP contribution is -2.36. The molecule has 1 saturated carbocycles. The van der Waals surface area contributed by atoms with Crippen LogP contribution in [0.3, 0.4) is 0 Å². The molecule has 4 N–H and O–H groups in total. The molecule has 8 nitrogen and oxygen atoms in total. The third-order valence-corrected chi connectivity index (χ3v) is 5.25. The maximum absolute atomic E-state index is 11.9. The largest absolute Gasteiger partial charge is 0.486 e. The van der Waals surface area contributed by atoms with Crippen LogP contribution in [0.25, 0.3) is 10.9 Å². The maximum Gasteiger partial charge on any atom is 0.252 e. The molecule has 27 heavy (non-hydrogen) atoms. The van der Waals surface area contributed by atoms with E-state index in [4.69, 9.17) is 10.6 Å². The van der Waals surface area contributed by atoms with Crippen molar-refractivity contribution in [1.82, 2.24) is 15.0 Å². The number of aromatic nitrogens is 2. The van der Waals surface area contributed by atoms with E-state index in [0.717, 1.165) is 17.4 Å². The quantitative estimate of drug-likeness (QED) is 0.416. The molecule has 9 heteroatoms. The molecule has 0 spiro atoms. The normalized spacial score (nSPS) is 14.9. The van der Waals surface area contributed by atoms with Crippen LogP contribution in [-0.4, -0.2) is 32.6 Å². The van der Waals surface area contributed by atoms with Crippen molar-refractivity contribution >= 4 is 34.4 Å². The summed E-state index contributed by atoms with van der Waals surface area (Å²) in [7, 11) is 0. The molecule has 1 aromatic carbocycles. The molecule has 4 rings (SSSR count). The van der Waals surface area contributed by atoms with Crippen LogP contribution >= 0.6 is 11.3 Å². The molecule has 1 fully saturated rings. The summed E-state index contributed by atoms with van der Waals surface area (Å²) in [6, 6.07) is 5.19. The highest BCUT2D eigenvalue weighted by Crippen LogP contribution is 2.35. The zero-order valence-corrected chi connectivity index (χ0v) is 15.2. The molecule has 3 aromatic rings. The molecule has 140 valence electrons. The van der Waals surface area contributed by atoms with E-state index >= 15 is 0 Å². The predicted octanol–water partition coefficient (Wildman–Crippen LogP) is 1.34. The van der Waals surface area contributed by atoms with Crippen LogP contribution in [0.15, 0.2) is 29.1 Å². The van der Waals surface area contributed by atoms with Gasteiger partial charge < -0.3 is 21.0 Å². The van der Waals surface area contributed by atoms with Crippen molar-refractivity contribution in [3.63, 3.8) is 0 Å². The van der Waals surface area contributed by atoms with Gasteiger partial charge in [0.15, 0.2) is 6.29 Å². The summed E-state index contributed by atoms with van der Waals surface area (Å²) in [5, 5.41) is 15.1. The number of fused-ring (bicyclic) bond motifs is 1.